The van der Waals surface area contributed by atoms with Gasteiger partial charge in [0.25, 0.3) is 0 Å². The number of ether oxygens (including phenoxy) is 2. The Morgan fingerprint density at radius 1 is 0.490 bits per heavy atom. The summed E-state index contributed by atoms with van der Waals surface area (Å²) < 4.78 is 42.9. The average Bonchev–Trinajstić information content (AvgIpc) is 3.42. The van der Waals surface area contributed by atoms with Crippen LogP contribution in [0.1, 0.15) is 0 Å². The SMILES string of the molecule is Fc1cccnc1-c1[c-]c(Oc2[c-]c3c(cc2)c2ccc(Oc4[c-]c(-c5ncccc5F)ccc4)[c-]c2n3-c2ncccn2)ccc1.[Pd+2].[Pt+2]. The zero-order valence-electron chi connectivity index (χ0n) is 24.9. The van der Waals surface area contributed by atoms with Crippen molar-refractivity contribution in [1.29, 1.82) is 0 Å². The van der Waals surface area contributed by atoms with Crippen LogP contribution in [-0.4, -0.2) is 24.5 Å². The first-order valence-corrected chi connectivity index (χ1v) is 14.4. The number of hydrogen-bond acceptors (Lipinski definition) is 6. The Kier molecular flexibility index (Phi) is 10.0. The van der Waals surface area contributed by atoms with Crippen molar-refractivity contribution < 1.29 is 59.7 Å². The summed E-state index contributed by atoms with van der Waals surface area (Å²) in [6.45, 7) is 0. The smallest absolute Gasteiger partial charge is 0.503 e. The van der Waals surface area contributed by atoms with Gasteiger partial charge in [0, 0.05) is 59.2 Å². The molecule has 0 aliphatic heterocycles. The predicted octanol–water partition coefficient (Wildman–Crippen LogP) is 8.76. The van der Waals surface area contributed by atoms with Gasteiger partial charge in [-0.1, -0.05) is 23.2 Å². The predicted molar refractivity (Wildman–Crippen MR) is 171 cm³/mol. The van der Waals surface area contributed by atoms with Crippen LogP contribution in [0.4, 0.5) is 8.78 Å². The molecule has 49 heavy (non-hydrogen) atoms. The summed E-state index contributed by atoms with van der Waals surface area (Å²) >= 11 is 0. The molecule has 11 heteroatoms. The van der Waals surface area contributed by atoms with Crippen molar-refractivity contribution >= 4 is 21.8 Å². The summed E-state index contributed by atoms with van der Waals surface area (Å²) in [5.41, 5.74) is 2.57. The van der Waals surface area contributed by atoms with E-state index in [1.54, 1.807) is 67.0 Å². The van der Waals surface area contributed by atoms with Crippen LogP contribution in [0.3, 0.4) is 0 Å². The number of benzene rings is 4. The monoisotopic (exact) mass is 916 g/mol. The Morgan fingerprint density at radius 3 is 1.41 bits per heavy atom. The summed E-state index contributed by atoms with van der Waals surface area (Å²) in [7, 11) is 0. The van der Waals surface area contributed by atoms with E-state index in [1.807, 2.05) is 16.7 Å². The quantitative estimate of drug-likeness (QED) is 0.118. The maximum absolute atomic E-state index is 14.4. The number of halogens is 2. The summed E-state index contributed by atoms with van der Waals surface area (Å²) in [4.78, 5) is 17.3. The van der Waals surface area contributed by atoms with Crippen molar-refractivity contribution in [3.05, 3.63) is 152 Å². The van der Waals surface area contributed by atoms with Crippen molar-refractivity contribution in [2.75, 3.05) is 0 Å². The van der Waals surface area contributed by atoms with Crippen LogP contribution in [-0.2, 0) is 41.5 Å². The maximum Gasteiger partial charge on any atom is 2.00 e. The van der Waals surface area contributed by atoms with E-state index in [0.29, 0.717) is 51.1 Å². The largest absolute Gasteiger partial charge is 2.00 e. The Balaban J connectivity index is 0.00000208. The molecule has 0 N–H and O–H groups in total. The zero-order chi connectivity index (χ0) is 31.7. The molecule has 0 saturated heterocycles. The second-order valence-corrected chi connectivity index (χ2v) is 10.3. The van der Waals surface area contributed by atoms with Gasteiger partial charge in [-0.2, -0.15) is 22.9 Å². The van der Waals surface area contributed by atoms with Crippen LogP contribution in [0.5, 0.6) is 23.0 Å². The molecule has 0 unspecified atom stereocenters. The molecule has 0 amide bonds. The summed E-state index contributed by atoms with van der Waals surface area (Å²) in [6.07, 6.45) is 6.35. The molecule has 242 valence electrons. The summed E-state index contributed by atoms with van der Waals surface area (Å²) in [5.74, 6) is 1.03. The number of fused-ring (bicyclic) bond motifs is 3. The molecule has 8 rings (SSSR count). The van der Waals surface area contributed by atoms with Gasteiger partial charge in [0.05, 0.1) is 0 Å². The number of nitrogens with zero attached hydrogens (tertiary/aromatic N) is 5. The van der Waals surface area contributed by atoms with Crippen molar-refractivity contribution in [3.63, 3.8) is 0 Å². The van der Waals surface area contributed by atoms with Gasteiger partial charge >= 0.3 is 41.5 Å². The summed E-state index contributed by atoms with van der Waals surface area (Å²) in [5, 5.41) is 1.71. The van der Waals surface area contributed by atoms with Crippen LogP contribution in [0.25, 0.3) is 50.3 Å². The van der Waals surface area contributed by atoms with Crippen LogP contribution in [0.2, 0.25) is 0 Å². The topological polar surface area (TPSA) is 75.0 Å². The first-order valence-electron chi connectivity index (χ1n) is 14.4. The fourth-order valence-corrected chi connectivity index (χ4v) is 5.25. The molecule has 0 aliphatic carbocycles. The van der Waals surface area contributed by atoms with Gasteiger partial charge in [-0.25, -0.2) is 18.7 Å². The molecule has 0 bridgehead atoms. The zero-order valence-corrected chi connectivity index (χ0v) is 28.7. The first kappa shape index (κ1) is 33.8. The van der Waals surface area contributed by atoms with Crippen LogP contribution in [0.15, 0.2) is 116 Å². The standard InChI is InChI=1S/C38H19F2N5O2.Pd.Pt/c39-32-10-3-16-41-36(32)24-6-1-8-26(20-24)46-28-12-14-30-31-15-13-29(23-35(31)45(34(30)22-28)38-43-18-5-19-44-38)47-27-9-2-7-25(21-27)37-33(40)11-4-17-42-37;;/h1-19H;;/q-4;2*+2. The number of aromatic nitrogens is 5. The molecule has 0 spiro atoms. The average molecular weight is 917 g/mol. The van der Waals surface area contributed by atoms with Gasteiger partial charge < -0.3 is 24.0 Å². The van der Waals surface area contributed by atoms with Crippen LogP contribution >= 0.6 is 0 Å². The van der Waals surface area contributed by atoms with Gasteiger partial charge in [-0.05, 0) is 30.3 Å². The van der Waals surface area contributed by atoms with Crippen LogP contribution < -0.4 is 9.47 Å². The molecule has 4 aromatic heterocycles. The molecular formula is C38H19F2N5O2PdPt. The van der Waals surface area contributed by atoms with E-state index in [1.165, 1.54) is 36.7 Å². The number of pyridine rings is 2. The van der Waals surface area contributed by atoms with Gasteiger partial charge in [-0.3, -0.25) is 0 Å². The van der Waals surface area contributed by atoms with E-state index in [2.05, 4.69) is 44.2 Å². The van der Waals surface area contributed by atoms with Crippen LogP contribution in [0, 0.1) is 35.9 Å². The molecule has 4 heterocycles. The minimum Gasteiger partial charge on any atom is -0.503 e. The van der Waals surface area contributed by atoms with Gasteiger partial charge in [0.1, 0.15) is 11.6 Å². The minimum atomic E-state index is -0.450. The second kappa shape index (κ2) is 14.6. The van der Waals surface area contributed by atoms with E-state index < -0.39 is 11.6 Å². The van der Waals surface area contributed by atoms with Crippen molar-refractivity contribution in [1.82, 2.24) is 24.5 Å². The molecule has 0 radical (unpaired) electrons. The third kappa shape index (κ3) is 6.77. The van der Waals surface area contributed by atoms with Gasteiger partial charge in [-0.15, -0.1) is 71.8 Å². The molecular weight excluding hydrogens is 898 g/mol. The normalized spacial score (nSPS) is 10.7. The van der Waals surface area contributed by atoms with Crippen molar-refractivity contribution in [2.45, 2.75) is 0 Å². The Morgan fingerprint density at radius 2 is 0.939 bits per heavy atom. The second-order valence-electron chi connectivity index (χ2n) is 10.3. The molecule has 0 atom stereocenters. The molecule has 7 nitrogen and oxygen atoms in total. The maximum atomic E-state index is 14.4. The van der Waals surface area contributed by atoms with E-state index in [0.717, 1.165) is 10.8 Å². The van der Waals surface area contributed by atoms with Crippen molar-refractivity contribution in [3.8, 4) is 51.5 Å². The van der Waals surface area contributed by atoms with E-state index in [9.17, 15) is 8.78 Å². The fraction of sp³-hybridized carbons (Fsp3) is 0. The number of hydrogen-bond donors (Lipinski definition) is 0. The summed E-state index contributed by atoms with van der Waals surface area (Å²) in [6, 6.07) is 38.2. The van der Waals surface area contributed by atoms with Gasteiger partial charge in [0.2, 0.25) is 5.95 Å². The molecule has 0 fully saturated rings. The third-order valence-electron chi connectivity index (χ3n) is 7.29. The molecule has 8 aromatic rings. The molecule has 0 saturated carbocycles. The molecule has 0 aliphatic rings. The number of rotatable bonds is 7. The van der Waals surface area contributed by atoms with Gasteiger partial charge in [0.15, 0.2) is 0 Å². The van der Waals surface area contributed by atoms with E-state index in [4.69, 9.17) is 9.47 Å². The van der Waals surface area contributed by atoms with Crippen molar-refractivity contribution in [2.24, 2.45) is 0 Å². The first-order chi connectivity index (χ1) is 23.1. The third-order valence-corrected chi connectivity index (χ3v) is 7.29. The molecule has 4 aromatic carbocycles. The minimum absolute atomic E-state index is 0. The Bertz CT molecular complexity index is 2280. The van der Waals surface area contributed by atoms with E-state index >= 15 is 0 Å². The Labute approximate surface area is 307 Å². The fourth-order valence-electron chi connectivity index (χ4n) is 5.25. The Hall–Kier alpha value is -5.13. The van der Waals surface area contributed by atoms with E-state index in [-0.39, 0.29) is 52.9 Å².